The van der Waals surface area contributed by atoms with Gasteiger partial charge >= 0.3 is 0 Å². The Bertz CT molecular complexity index is 215. The molecule has 0 heterocycles. The predicted molar refractivity (Wildman–Crippen MR) is 67.4 cm³/mol. The second-order valence-corrected chi connectivity index (χ2v) is 5.51. The number of rotatable bonds is 8. The van der Waals surface area contributed by atoms with Crippen LogP contribution in [0.25, 0.3) is 0 Å². The number of aliphatic hydroxyl groups excluding tert-OH is 1. The first kappa shape index (κ1) is 13.8. The molecule has 1 rings (SSSR count). The van der Waals surface area contributed by atoms with Gasteiger partial charge in [0.2, 0.25) is 5.91 Å². The van der Waals surface area contributed by atoms with Crippen molar-refractivity contribution in [3.8, 4) is 0 Å². The van der Waals surface area contributed by atoms with Crippen molar-refractivity contribution in [1.82, 2.24) is 5.32 Å². The number of thioether (sulfide) groups is 1. The SMILES string of the molecule is NCC1(C(=O)NCCSCCCO)CCC1. The molecule has 0 aromatic rings. The summed E-state index contributed by atoms with van der Waals surface area (Å²) in [5, 5.41) is 11.5. The first-order valence-electron chi connectivity index (χ1n) is 5.92. The highest BCUT2D eigenvalue weighted by atomic mass is 32.2. The van der Waals surface area contributed by atoms with Crippen LogP contribution in [0.2, 0.25) is 0 Å². The van der Waals surface area contributed by atoms with Crippen molar-refractivity contribution < 1.29 is 9.90 Å². The minimum Gasteiger partial charge on any atom is -0.396 e. The van der Waals surface area contributed by atoms with Crippen molar-refractivity contribution in [2.45, 2.75) is 25.7 Å². The van der Waals surface area contributed by atoms with Crippen LogP contribution in [-0.4, -0.2) is 42.2 Å². The fourth-order valence-electron chi connectivity index (χ4n) is 1.82. The number of amides is 1. The predicted octanol–water partition coefficient (Wildman–Crippen LogP) is 0.347. The molecule has 4 nitrogen and oxygen atoms in total. The summed E-state index contributed by atoms with van der Waals surface area (Å²) in [5.74, 6) is 1.99. The maximum atomic E-state index is 11.8. The second-order valence-electron chi connectivity index (χ2n) is 4.28. The zero-order valence-corrected chi connectivity index (χ0v) is 10.5. The van der Waals surface area contributed by atoms with Gasteiger partial charge in [-0.3, -0.25) is 4.79 Å². The Morgan fingerprint density at radius 1 is 1.44 bits per heavy atom. The smallest absolute Gasteiger partial charge is 0.227 e. The van der Waals surface area contributed by atoms with Crippen molar-refractivity contribution in [1.29, 1.82) is 0 Å². The van der Waals surface area contributed by atoms with E-state index in [1.54, 1.807) is 11.8 Å². The van der Waals surface area contributed by atoms with E-state index in [0.29, 0.717) is 13.1 Å². The van der Waals surface area contributed by atoms with E-state index in [2.05, 4.69) is 5.32 Å². The minimum absolute atomic E-state index is 0.129. The summed E-state index contributed by atoms with van der Waals surface area (Å²) in [6.45, 7) is 1.42. The molecule has 1 aliphatic rings. The van der Waals surface area contributed by atoms with Gasteiger partial charge in [-0.05, 0) is 25.0 Å². The first-order chi connectivity index (χ1) is 7.75. The molecule has 0 aromatic carbocycles. The van der Waals surface area contributed by atoms with Crippen molar-refractivity contribution in [3.05, 3.63) is 0 Å². The Balaban J connectivity index is 2.06. The lowest BCUT2D eigenvalue weighted by molar-refractivity contribution is -0.135. The van der Waals surface area contributed by atoms with Gasteiger partial charge in [-0.25, -0.2) is 0 Å². The maximum absolute atomic E-state index is 11.8. The van der Waals surface area contributed by atoms with Crippen LogP contribution in [0, 0.1) is 5.41 Å². The summed E-state index contributed by atoms with van der Waals surface area (Å²) < 4.78 is 0. The second kappa shape index (κ2) is 7.14. The van der Waals surface area contributed by atoms with Gasteiger partial charge in [0.05, 0.1) is 5.41 Å². The zero-order valence-electron chi connectivity index (χ0n) is 9.71. The third-order valence-corrected chi connectivity index (χ3v) is 4.23. The van der Waals surface area contributed by atoms with Crippen molar-refractivity contribution >= 4 is 17.7 Å². The van der Waals surface area contributed by atoms with Gasteiger partial charge in [0.1, 0.15) is 0 Å². The molecule has 16 heavy (non-hydrogen) atoms. The summed E-state index contributed by atoms with van der Waals surface area (Å²) in [6.07, 6.45) is 3.82. The van der Waals surface area contributed by atoms with Gasteiger partial charge in [0.15, 0.2) is 0 Å². The molecule has 1 aliphatic carbocycles. The third-order valence-electron chi connectivity index (χ3n) is 3.16. The Kier molecular flexibility index (Phi) is 6.16. The Labute approximate surface area is 101 Å². The van der Waals surface area contributed by atoms with E-state index in [9.17, 15) is 4.79 Å². The van der Waals surface area contributed by atoms with Crippen LogP contribution in [0.4, 0.5) is 0 Å². The summed E-state index contributed by atoms with van der Waals surface area (Å²) in [6, 6.07) is 0. The lowest BCUT2D eigenvalue weighted by Crippen LogP contribution is -2.50. The van der Waals surface area contributed by atoms with E-state index in [1.165, 1.54) is 0 Å². The summed E-state index contributed by atoms with van der Waals surface area (Å²) in [5.41, 5.74) is 5.39. The lowest BCUT2D eigenvalue weighted by Gasteiger charge is -2.39. The molecule has 0 unspecified atom stereocenters. The van der Waals surface area contributed by atoms with E-state index < -0.39 is 0 Å². The van der Waals surface area contributed by atoms with E-state index in [4.69, 9.17) is 10.8 Å². The van der Waals surface area contributed by atoms with Crippen LogP contribution in [0.5, 0.6) is 0 Å². The van der Waals surface area contributed by atoms with E-state index in [0.717, 1.165) is 37.2 Å². The van der Waals surface area contributed by atoms with Crippen molar-refractivity contribution in [2.75, 3.05) is 31.2 Å². The Hall–Kier alpha value is -0.260. The minimum atomic E-state index is -0.254. The van der Waals surface area contributed by atoms with E-state index in [1.807, 2.05) is 0 Å². The molecular formula is C11H22N2O2S. The quantitative estimate of drug-likeness (QED) is 0.540. The molecule has 0 radical (unpaired) electrons. The number of aliphatic hydroxyl groups is 1. The molecule has 5 heteroatoms. The van der Waals surface area contributed by atoms with Crippen LogP contribution in [0.15, 0.2) is 0 Å². The van der Waals surface area contributed by atoms with E-state index >= 15 is 0 Å². The van der Waals surface area contributed by atoms with Gasteiger partial charge in [-0.15, -0.1) is 0 Å². The van der Waals surface area contributed by atoms with Crippen LogP contribution in [-0.2, 0) is 4.79 Å². The number of hydrogen-bond donors (Lipinski definition) is 3. The van der Waals surface area contributed by atoms with Crippen LogP contribution < -0.4 is 11.1 Å². The highest BCUT2D eigenvalue weighted by Gasteiger charge is 2.42. The largest absolute Gasteiger partial charge is 0.396 e. The number of carbonyl (C=O) groups excluding carboxylic acids is 1. The molecule has 4 N–H and O–H groups in total. The first-order valence-corrected chi connectivity index (χ1v) is 7.07. The summed E-state index contributed by atoms with van der Waals surface area (Å²) in [7, 11) is 0. The van der Waals surface area contributed by atoms with Gasteiger partial charge in [-0.1, -0.05) is 6.42 Å². The molecule has 0 spiro atoms. The molecule has 0 saturated heterocycles. The monoisotopic (exact) mass is 246 g/mol. The number of carbonyl (C=O) groups is 1. The van der Waals surface area contributed by atoms with Gasteiger partial charge in [0, 0.05) is 25.4 Å². The van der Waals surface area contributed by atoms with Crippen molar-refractivity contribution in [3.63, 3.8) is 0 Å². The molecule has 0 aromatic heterocycles. The van der Waals surface area contributed by atoms with Gasteiger partial charge < -0.3 is 16.2 Å². The zero-order chi connectivity index (χ0) is 11.9. The standard InChI is InChI=1S/C11H22N2O2S/c12-9-11(3-1-4-11)10(15)13-5-8-16-7-2-6-14/h14H,1-9,12H2,(H,13,15). The molecule has 1 amide bonds. The van der Waals surface area contributed by atoms with Gasteiger partial charge in [0.25, 0.3) is 0 Å². The van der Waals surface area contributed by atoms with Crippen LogP contribution >= 0.6 is 11.8 Å². The highest BCUT2D eigenvalue weighted by Crippen LogP contribution is 2.39. The Morgan fingerprint density at radius 3 is 2.69 bits per heavy atom. The number of nitrogens with one attached hydrogen (secondary N) is 1. The Morgan fingerprint density at radius 2 is 2.19 bits per heavy atom. The fraction of sp³-hybridized carbons (Fsp3) is 0.909. The highest BCUT2D eigenvalue weighted by molar-refractivity contribution is 7.99. The van der Waals surface area contributed by atoms with E-state index in [-0.39, 0.29) is 17.9 Å². The molecular weight excluding hydrogens is 224 g/mol. The molecule has 1 saturated carbocycles. The summed E-state index contributed by atoms with van der Waals surface area (Å²) >= 11 is 1.76. The average Bonchev–Trinajstić information content (AvgIpc) is 2.22. The lowest BCUT2D eigenvalue weighted by atomic mass is 9.68. The average molecular weight is 246 g/mol. The molecule has 0 aliphatic heterocycles. The fourth-order valence-corrected chi connectivity index (χ4v) is 2.60. The normalized spacial score (nSPS) is 17.9. The molecule has 0 atom stereocenters. The number of nitrogens with two attached hydrogens (primary N) is 1. The molecule has 1 fully saturated rings. The molecule has 94 valence electrons. The third kappa shape index (κ3) is 3.64. The van der Waals surface area contributed by atoms with Crippen molar-refractivity contribution in [2.24, 2.45) is 11.1 Å². The number of hydrogen-bond acceptors (Lipinski definition) is 4. The summed E-state index contributed by atoms with van der Waals surface area (Å²) in [4.78, 5) is 11.8. The maximum Gasteiger partial charge on any atom is 0.227 e. The van der Waals surface area contributed by atoms with Crippen LogP contribution in [0.1, 0.15) is 25.7 Å². The van der Waals surface area contributed by atoms with Crippen LogP contribution in [0.3, 0.4) is 0 Å². The topological polar surface area (TPSA) is 75.4 Å². The molecule has 0 bridgehead atoms. The van der Waals surface area contributed by atoms with Gasteiger partial charge in [-0.2, -0.15) is 11.8 Å².